The Kier molecular flexibility index (Phi) is 5.20. The fourth-order valence-electron chi connectivity index (χ4n) is 6.69. The highest BCUT2D eigenvalue weighted by molar-refractivity contribution is 5.94. The summed E-state index contributed by atoms with van der Waals surface area (Å²) in [6.07, 6.45) is 1.23. The molecule has 8 heteroatoms. The molecule has 0 unspecified atom stereocenters. The van der Waals surface area contributed by atoms with Crippen molar-refractivity contribution in [1.29, 1.82) is 0 Å². The maximum atomic E-state index is 14.4. The van der Waals surface area contributed by atoms with E-state index in [1.165, 1.54) is 6.07 Å². The Hall–Kier alpha value is -2.90. The van der Waals surface area contributed by atoms with E-state index in [2.05, 4.69) is 17.0 Å². The standard InChI is InChI=1S/C27H29F3N4O/c1-15-7-12-22-18(13-15)9-8-16(2)33(22)26(35)21-14-23-31-24-19-6-4-3-5-17(19)10-11-20(24)25(27(28,29)30)34(23)32-21/h3-6,14-16,18,22H,7-13H2,1-2H3/t15-,16-,18+,22-/m1/s1. The smallest absolute Gasteiger partial charge is 0.331 e. The number of aromatic nitrogens is 3. The summed E-state index contributed by atoms with van der Waals surface area (Å²) in [5.41, 5.74) is 1.50. The molecule has 0 radical (unpaired) electrons. The van der Waals surface area contributed by atoms with Crippen molar-refractivity contribution >= 4 is 11.6 Å². The number of halogens is 3. The van der Waals surface area contributed by atoms with Gasteiger partial charge in [-0.15, -0.1) is 0 Å². The molecule has 3 aliphatic rings. The molecular weight excluding hydrogens is 453 g/mol. The topological polar surface area (TPSA) is 50.5 Å². The van der Waals surface area contributed by atoms with Crippen LogP contribution in [0.25, 0.3) is 16.9 Å². The van der Waals surface area contributed by atoms with Crippen LogP contribution >= 0.6 is 0 Å². The number of alkyl halides is 3. The molecule has 0 spiro atoms. The van der Waals surface area contributed by atoms with Crippen molar-refractivity contribution in [3.05, 3.63) is 52.8 Å². The Bertz CT molecular complexity index is 1310. The first kappa shape index (κ1) is 22.6. The number of carbonyl (C=O) groups is 1. The van der Waals surface area contributed by atoms with Gasteiger partial charge in [-0.1, -0.05) is 31.2 Å². The van der Waals surface area contributed by atoms with Crippen molar-refractivity contribution in [1.82, 2.24) is 19.5 Å². The number of hydrogen-bond acceptors (Lipinski definition) is 3. The van der Waals surface area contributed by atoms with E-state index >= 15 is 0 Å². The summed E-state index contributed by atoms with van der Waals surface area (Å²) in [5, 5.41) is 4.25. The second kappa shape index (κ2) is 8.07. The molecule has 6 rings (SSSR count). The molecule has 0 N–H and O–H groups in total. The largest absolute Gasteiger partial charge is 0.433 e. The monoisotopic (exact) mass is 482 g/mol. The van der Waals surface area contributed by atoms with Gasteiger partial charge in [0, 0.05) is 29.3 Å². The van der Waals surface area contributed by atoms with Gasteiger partial charge in [-0.3, -0.25) is 4.79 Å². The lowest BCUT2D eigenvalue weighted by Crippen LogP contribution is -2.54. The Labute approximate surface area is 202 Å². The SMILES string of the molecule is C[C@@H]1CC[C@@H]2[C@@H](CC[C@@H](C)N2C(=O)c2cc3nc4c(c(C(F)(F)F)n3n2)CCc2ccccc2-4)C1. The third-order valence-corrected chi connectivity index (χ3v) is 8.33. The number of likely N-dealkylation sites (tertiary alicyclic amines) is 1. The molecule has 1 amide bonds. The zero-order chi connectivity index (χ0) is 24.5. The third-order valence-electron chi connectivity index (χ3n) is 8.33. The molecule has 1 saturated carbocycles. The summed E-state index contributed by atoms with van der Waals surface area (Å²) in [6, 6.07) is 9.07. The quantitative estimate of drug-likeness (QED) is 0.431. The zero-order valence-electron chi connectivity index (χ0n) is 20.0. The van der Waals surface area contributed by atoms with Crippen LogP contribution in [0.5, 0.6) is 0 Å². The summed E-state index contributed by atoms with van der Waals surface area (Å²) in [5.74, 6) is 0.812. The number of amides is 1. The Morgan fingerprint density at radius 2 is 1.86 bits per heavy atom. The average Bonchev–Trinajstić information content (AvgIpc) is 3.25. The first-order chi connectivity index (χ1) is 16.7. The summed E-state index contributed by atoms with van der Waals surface area (Å²) in [4.78, 5) is 20.3. The van der Waals surface area contributed by atoms with E-state index in [-0.39, 0.29) is 41.3 Å². The Morgan fingerprint density at radius 3 is 2.66 bits per heavy atom. The molecule has 2 aromatic heterocycles. The fraction of sp³-hybridized carbons (Fsp3) is 0.519. The third kappa shape index (κ3) is 3.64. The minimum absolute atomic E-state index is 0.0390. The minimum atomic E-state index is -4.62. The van der Waals surface area contributed by atoms with Crippen LogP contribution < -0.4 is 0 Å². The first-order valence-electron chi connectivity index (χ1n) is 12.6. The van der Waals surface area contributed by atoms with Gasteiger partial charge in [-0.05, 0) is 69.3 Å². The van der Waals surface area contributed by atoms with E-state index in [0.717, 1.165) is 47.7 Å². The van der Waals surface area contributed by atoms with Crippen LogP contribution in [-0.4, -0.2) is 37.5 Å². The first-order valence-corrected chi connectivity index (χ1v) is 12.6. The number of hydrogen-bond donors (Lipinski definition) is 0. The molecule has 0 bridgehead atoms. The molecule has 2 aliphatic carbocycles. The molecule has 3 aromatic rings. The van der Waals surface area contributed by atoms with E-state index in [0.29, 0.717) is 24.0 Å². The van der Waals surface area contributed by atoms with Crippen LogP contribution in [0.15, 0.2) is 30.3 Å². The van der Waals surface area contributed by atoms with E-state index in [4.69, 9.17) is 0 Å². The van der Waals surface area contributed by atoms with Crippen molar-refractivity contribution in [2.75, 3.05) is 0 Å². The van der Waals surface area contributed by atoms with Crippen molar-refractivity contribution in [2.24, 2.45) is 11.8 Å². The van der Waals surface area contributed by atoms with Gasteiger partial charge in [0.15, 0.2) is 17.0 Å². The number of fused-ring (bicyclic) bond motifs is 5. The summed E-state index contributed by atoms with van der Waals surface area (Å²) < 4.78 is 44.0. The lowest BCUT2D eigenvalue weighted by atomic mass is 9.72. The molecule has 35 heavy (non-hydrogen) atoms. The second-order valence-electron chi connectivity index (χ2n) is 10.6. The molecule has 4 atom stereocenters. The lowest BCUT2D eigenvalue weighted by molar-refractivity contribution is -0.143. The highest BCUT2D eigenvalue weighted by atomic mass is 19.4. The number of rotatable bonds is 1. The van der Waals surface area contributed by atoms with Crippen molar-refractivity contribution in [3.63, 3.8) is 0 Å². The van der Waals surface area contributed by atoms with Gasteiger partial charge >= 0.3 is 6.18 Å². The summed E-state index contributed by atoms with van der Waals surface area (Å²) in [6.45, 7) is 4.30. The highest BCUT2D eigenvalue weighted by Gasteiger charge is 2.43. The number of benzene rings is 1. The van der Waals surface area contributed by atoms with Crippen molar-refractivity contribution in [3.8, 4) is 11.3 Å². The van der Waals surface area contributed by atoms with Crippen LogP contribution in [0.1, 0.15) is 73.3 Å². The minimum Gasteiger partial charge on any atom is -0.331 e. The van der Waals surface area contributed by atoms with Crippen LogP contribution in [0, 0.1) is 11.8 Å². The molecule has 3 heterocycles. The van der Waals surface area contributed by atoms with Gasteiger partial charge in [0.05, 0.1) is 5.69 Å². The van der Waals surface area contributed by atoms with E-state index in [1.54, 1.807) is 0 Å². The predicted molar refractivity (Wildman–Crippen MR) is 126 cm³/mol. The Morgan fingerprint density at radius 1 is 1.06 bits per heavy atom. The van der Waals surface area contributed by atoms with Crippen LogP contribution in [-0.2, 0) is 19.0 Å². The van der Waals surface area contributed by atoms with E-state index in [1.807, 2.05) is 36.1 Å². The normalized spacial score (nSPS) is 26.3. The van der Waals surface area contributed by atoms with Crippen LogP contribution in [0.3, 0.4) is 0 Å². The molecule has 1 aliphatic heterocycles. The van der Waals surface area contributed by atoms with Gasteiger partial charge in [-0.25, -0.2) is 9.50 Å². The van der Waals surface area contributed by atoms with Crippen molar-refractivity contribution in [2.45, 2.75) is 77.1 Å². The maximum absolute atomic E-state index is 14.4. The fourth-order valence-corrected chi connectivity index (χ4v) is 6.69. The Balaban J connectivity index is 1.47. The predicted octanol–water partition coefficient (Wildman–Crippen LogP) is 5.94. The van der Waals surface area contributed by atoms with E-state index in [9.17, 15) is 18.0 Å². The zero-order valence-corrected chi connectivity index (χ0v) is 20.0. The molecule has 2 fully saturated rings. The summed E-state index contributed by atoms with van der Waals surface area (Å²) in [7, 11) is 0. The van der Waals surface area contributed by atoms with Crippen LogP contribution in [0.4, 0.5) is 13.2 Å². The molecule has 1 aromatic carbocycles. The number of piperidine rings is 1. The molecule has 1 saturated heterocycles. The molecular formula is C27H29F3N4O. The number of aryl methyl sites for hydroxylation is 1. The van der Waals surface area contributed by atoms with Gasteiger partial charge in [-0.2, -0.15) is 18.3 Å². The van der Waals surface area contributed by atoms with Gasteiger partial charge in [0.25, 0.3) is 5.91 Å². The summed E-state index contributed by atoms with van der Waals surface area (Å²) >= 11 is 0. The number of carbonyl (C=O) groups excluding carboxylic acids is 1. The second-order valence-corrected chi connectivity index (χ2v) is 10.6. The average molecular weight is 483 g/mol. The molecule has 5 nitrogen and oxygen atoms in total. The lowest BCUT2D eigenvalue weighted by Gasteiger charge is -2.48. The van der Waals surface area contributed by atoms with E-state index < -0.39 is 11.9 Å². The van der Waals surface area contributed by atoms with Crippen molar-refractivity contribution < 1.29 is 18.0 Å². The maximum Gasteiger partial charge on any atom is 0.433 e. The molecule has 184 valence electrons. The van der Waals surface area contributed by atoms with Gasteiger partial charge < -0.3 is 4.90 Å². The number of nitrogens with zero attached hydrogens (tertiary/aromatic N) is 4. The van der Waals surface area contributed by atoms with Gasteiger partial charge in [0.2, 0.25) is 0 Å². The highest BCUT2D eigenvalue weighted by Crippen LogP contribution is 2.42. The van der Waals surface area contributed by atoms with Crippen LogP contribution in [0.2, 0.25) is 0 Å². The van der Waals surface area contributed by atoms with Gasteiger partial charge in [0.1, 0.15) is 0 Å².